The minimum atomic E-state index is -0.301. The number of para-hydroxylation sites is 2. The van der Waals surface area contributed by atoms with Crippen molar-refractivity contribution in [2.75, 3.05) is 141 Å². The number of anilines is 8. The lowest BCUT2D eigenvalue weighted by molar-refractivity contribution is -0.111. The maximum absolute atomic E-state index is 12.3. The average Bonchev–Trinajstić information content (AvgIpc) is 4.01. The first-order valence-electron chi connectivity index (χ1n) is 25.2. The van der Waals surface area contributed by atoms with Gasteiger partial charge in [-0.1, -0.05) is 43.0 Å². The molecule has 396 valence electrons. The summed E-state index contributed by atoms with van der Waals surface area (Å²) in [4.78, 5) is 39.4. The van der Waals surface area contributed by atoms with Crippen molar-refractivity contribution in [1.29, 1.82) is 0 Å². The number of likely N-dealkylation sites (N-methyl/N-ethyl adjacent to an activating group) is 4. The van der Waals surface area contributed by atoms with Gasteiger partial charge in [0.15, 0.2) is 0 Å². The molecule has 8 aromatic rings. The second-order valence-electron chi connectivity index (χ2n) is 19.4. The normalized spacial score (nSPS) is 13.4. The van der Waals surface area contributed by atoms with Crippen LogP contribution in [0.25, 0.3) is 44.3 Å². The summed E-state index contributed by atoms with van der Waals surface area (Å²) in [5, 5.41) is 11.8. The molecule has 0 radical (unpaired) electrons. The van der Waals surface area contributed by atoms with Gasteiger partial charge in [0.05, 0.1) is 98.2 Å². The molecule has 2 aliphatic rings. The zero-order valence-electron chi connectivity index (χ0n) is 44.6. The largest absolute Gasteiger partial charge is 0.494 e. The van der Waals surface area contributed by atoms with Crippen molar-refractivity contribution in [3.8, 4) is 34.0 Å². The monoisotopic (exact) mass is 1030 g/mol. The maximum atomic E-state index is 12.3. The van der Waals surface area contributed by atoms with Crippen molar-refractivity contribution in [1.82, 2.24) is 38.9 Å². The van der Waals surface area contributed by atoms with Crippen LogP contribution < -0.4 is 41.0 Å². The SMILES string of the molecule is C=CC(=O)Nc1cc(Nc2nccc(-c3cn(C4COC4)c4ccccc34)n2)c(OC)cc1N(C)CCN(C)C.COc1cc(N(C)CCN(C)C)c(N)cc1Nc1nccc(-c2cn(C3COC3)c3ccccc23)n1. The smallest absolute Gasteiger partial charge is 0.247 e. The standard InChI is InChI=1S/C30H35N7O3.C27H33N7O2/c1-6-29(38)32-24-15-25(28(39-5)16-27(24)36(4)14-13-35(2)3)34-30-31-12-11-23(33-30)22-17-37(20-18-40-19-20)26-10-8-7-9-21(22)26;1-32(2)11-12-33(3)25-14-26(35-4)23(13-21(25)28)31-27-29-10-9-22(30-27)20-15-34(18-16-36-17-18)24-8-6-5-7-19(20)24/h6-12,15-17,20H,1,13-14,18-19H2,2-5H3,(H,32,38)(H,31,33,34);5-10,13-15,18H,11-12,16-17,28H2,1-4H3,(H,29,30,31). The lowest BCUT2D eigenvalue weighted by Gasteiger charge is -2.28. The quantitative estimate of drug-likeness (QED) is 0.0419. The van der Waals surface area contributed by atoms with E-state index in [2.05, 4.69) is 124 Å². The Morgan fingerprint density at radius 2 is 1.12 bits per heavy atom. The number of amides is 1. The van der Waals surface area contributed by atoms with Gasteiger partial charge in [0.2, 0.25) is 17.8 Å². The fraction of sp³-hybridized carbons (Fsp3) is 0.316. The molecule has 2 aliphatic heterocycles. The van der Waals surface area contributed by atoms with Crippen molar-refractivity contribution in [3.05, 3.63) is 122 Å². The van der Waals surface area contributed by atoms with Crippen LogP contribution in [-0.4, -0.2) is 154 Å². The minimum Gasteiger partial charge on any atom is -0.494 e. The van der Waals surface area contributed by atoms with E-state index in [9.17, 15) is 4.79 Å². The van der Waals surface area contributed by atoms with E-state index >= 15 is 0 Å². The molecule has 0 atom stereocenters. The topological polar surface area (TPSA) is 190 Å². The number of nitrogens with two attached hydrogens (primary N) is 1. The lowest BCUT2D eigenvalue weighted by atomic mass is 10.1. The molecule has 19 nitrogen and oxygen atoms in total. The highest BCUT2D eigenvalue weighted by molar-refractivity contribution is 6.02. The van der Waals surface area contributed by atoms with E-state index in [-0.39, 0.29) is 5.91 Å². The fourth-order valence-electron chi connectivity index (χ4n) is 9.13. The number of rotatable bonds is 20. The Morgan fingerprint density at radius 1 is 0.658 bits per heavy atom. The zero-order chi connectivity index (χ0) is 53.5. The van der Waals surface area contributed by atoms with Crippen LogP contribution in [0.1, 0.15) is 12.1 Å². The summed E-state index contributed by atoms with van der Waals surface area (Å²) in [6, 6.07) is 28.8. The summed E-state index contributed by atoms with van der Waals surface area (Å²) in [5.41, 5.74) is 16.8. The van der Waals surface area contributed by atoms with E-state index in [0.717, 1.165) is 89.6 Å². The Kier molecular flexibility index (Phi) is 16.3. The summed E-state index contributed by atoms with van der Waals surface area (Å²) in [5.74, 6) is 1.85. The van der Waals surface area contributed by atoms with Crippen LogP contribution in [0.15, 0.2) is 122 Å². The molecule has 6 heterocycles. The Hall–Kier alpha value is -8.23. The average molecular weight is 1030 g/mol. The Labute approximate surface area is 443 Å². The van der Waals surface area contributed by atoms with Crippen LogP contribution >= 0.6 is 0 Å². The molecule has 5 N–H and O–H groups in total. The second-order valence-corrected chi connectivity index (χ2v) is 19.4. The number of nitrogens with one attached hydrogen (secondary N) is 3. The molecule has 4 aromatic heterocycles. The molecule has 19 heteroatoms. The van der Waals surface area contributed by atoms with Crippen LogP contribution in [0.4, 0.5) is 46.0 Å². The van der Waals surface area contributed by atoms with Crippen molar-refractivity contribution < 1.29 is 23.7 Å². The van der Waals surface area contributed by atoms with Crippen LogP contribution in [-0.2, 0) is 14.3 Å². The molecular weight excluding hydrogens is 961 g/mol. The molecule has 0 saturated carbocycles. The van der Waals surface area contributed by atoms with E-state index < -0.39 is 0 Å². The highest BCUT2D eigenvalue weighted by atomic mass is 16.5. The van der Waals surface area contributed by atoms with Gasteiger partial charge in [0, 0.05) is 110 Å². The van der Waals surface area contributed by atoms with Crippen LogP contribution in [0.3, 0.4) is 0 Å². The molecule has 0 unspecified atom stereocenters. The summed E-state index contributed by atoms with van der Waals surface area (Å²) < 4.78 is 26.9. The van der Waals surface area contributed by atoms with E-state index in [1.165, 1.54) is 11.6 Å². The van der Waals surface area contributed by atoms with Crippen LogP contribution in [0.5, 0.6) is 11.5 Å². The van der Waals surface area contributed by atoms with Crippen molar-refractivity contribution in [3.63, 3.8) is 0 Å². The highest BCUT2D eigenvalue weighted by Crippen LogP contribution is 2.40. The van der Waals surface area contributed by atoms with Gasteiger partial charge in [-0.2, -0.15) is 0 Å². The maximum Gasteiger partial charge on any atom is 0.247 e. The predicted molar refractivity (Wildman–Crippen MR) is 305 cm³/mol. The number of methoxy groups -OCH3 is 2. The number of carbonyl (C=O) groups excluding carboxylic acids is 1. The molecule has 4 aromatic carbocycles. The van der Waals surface area contributed by atoms with Crippen molar-refractivity contribution in [2.45, 2.75) is 12.1 Å². The zero-order valence-corrected chi connectivity index (χ0v) is 44.6. The second kappa shape index (κ2) is 23.5. The molecule has 0 spiro atoms. The van der Waals surface area contributed by atoms with E-state index in [0.29, 0.717) is 71.4 Å². The molecule has 2 fully saturated rings. The number of hydrogen-bond acceptors (Lipinski definition) is 16. The highest BCUT2D eigenvalue weighted by Gasteiger charge is 2.26. The lowest BCUT2D eigenvalue weighted by Crippen LogP contribution is -2.29. The number of hydrogen-bond donors (Lipinski definition) is 4. The van der Waals surface area contributed by atoms with E-state index in [4.69, 9.17) is 34.6 Å². The van der Waals surface area contributed by atoms with Gasteiger partial charge >= 0.3 is 0 Å². The number of benzene rings is 4. The van der Waals surface area contributed by atoms with Crippen LogP contribution in [0.2, 0.25) is 0 Å². The van der Waals surface area contributed by atoms with Gasteiger partial charge in [-0.15, -0.1) is 0 Å². The third-order valence-corrected chi connectivity index (χ3v) is 13.6. The predicted octanol–water partition coefficient (Wildman–Crippen LogP) is 8.55. The minimum absolute atomic E-state index is 0.301. The molecule has 10 rings (SSSR count). The third kappa shape index (κ3) is 11.7. The fourth-order valence-corrected chi connectivity index (χ4v) is 9.13. The van der Waals surface area contributed by atoms with Gasteiger partial charge in [-0.05, 0) is 70.7 Å². The first-order valence-corrected chi connectivity index (χ1v) is 25.2. The third-order valence-electron chi connectivity index (χ3n) is 13.6. The Balaban J connectivity index is 0.000000187. The van der Waals surface area contributed by atoms with Gasteiger partial charge in [-0.25, -0.2) is 19.9 Å². The first kappa shape index (κ1) is 52.6. The number of fused-ring (bicyclic) bond motifs is 2. The van der Waals surface area contributed by atoms with Gasteiger partial charge in [0.1, 0.15) is 11.5 Å². The van der Waals surface area contributed by atoms with Gasteiger partial charge < -0.3 is 69.4 Å². The first-order chi connectivity index (χ1) is 36.8. The van der Waals surface area contributed by atoms with Crippen molar-refractivity contribution in [2.24, 2.45) is 0 Å². The summed E-state index contributed by atoms with van der Waals surface area (Å²) >= 11 is 0. The van der Waals surface area contributed by atoms with Gasteiger partial charge in [-0.3, -0.25) is 4.79 Å². The molecule has 0 bridgehead atoms. The number of carbonyl (C=O) groups is 1. The molecule has 0 aliphatic carbocycles. The van der Waals surface area contributed by atoms with Crippen molar-refractivity contribution >= 4 is 73.7 Å². The Bertz CT molecular complexity index is 3330. The molecular formula is C57H68N14O5. The number of nitrogen functional groups attached to an aromatic ring is 1. The van der Waals surface area contributed by atoms with E-state index in [1.54, 1.807) is 26.6 Å². The number of ether oxygens (including phenoxy) is 4. The summed E-state index contributed by atoms with van der Waals surface area (Å²) in [7, 11) is 15.4. The van der Waals surface area contributed by atoms with Crippen LogP contribution in [0, 0.1) is 0 Å². The number of aromatic nitrogens is 6. The Morgan fingerprint density at radius 3 is 1.57 bits per heavy atom. The molecule has 2 saturated heterocycles. The van der Waals surface area contributed by atoms with Gasteiger partial charge in [0.25, 0.3) is 0 Å². The molecule has 76 heavy (non-hydrogen) atoms. The summed E-state index contributed by atoms with van der Waals surface area (Å²) in [6.45, 7) is 9.84. The van der Waals surface area contributed by atoms with E-state index in [1.807, 2.05) is 76.7 Å². The summed E-state index contributed by atoms with van der Waals surface area (Å²) in [6.07, 6.45) is 9.06. The number of nitrogens with zero attached hydrogens (tertiary/aromatic N) is 10. The molecule has 1 amide bonds.